The molecule has 3 unspecified atom stereocenters. The van der Waals surface area contributed by atoms with Crippen LogP contribution in [0.5, 0.6) is 0 Å². The topological polar surface area (TPSA) is 95.9 Å². The van der Waals surface area contributed by atoms with Crippen molar-refractivity contribution < 1.29 is 24.5 Å². The first-order valence-electron chi connectivity index (χ1n) is 27.7. The molecule has 0 aliphatic rings. The molecule has 0 spiro atoms. The maximum atomic E-state index is 13.2. The largest absolute Gasteiger partial charge is 0.462 e. The quantitative estimate of drug-likeness (QED) is 0.0321. The number of allylic oxidation sites excluding steroid dienone is 6. The zero-order valence-corrected chi connectivity index (χ0v) is 42.2. The van der Waals surface area contributed by atoms with Gasteiger partial charge in [0.1, 0.15) is 6.10 Å². The van der Waals surface area contributed by atoms with Gasteiger partial charge in [0.15, 0.2) is 0 Å². The molecule has 3 N–H and O–H groups in total. The zero-order chi connectivity index (χ0) is 45.9. The fourth-order valence-corrected chi connectivity index (χ4v) is 8.48. The molecule has 0 radical (unpaired) electrons. The lowest BCUT2D eigenvalue weighted by Gasteiger charge is -2.24. The van der Waals surface area contributed by atoms with Crippen LogP contribution in [0.1, 0.15) is 290 Å². The Hall–Kier alpha value is -1.92. The van der Waals surface area contributed by atoms with E-state index >= 15 is 0 Å². The van der Waals surface area contributed by atoms with Crippen LogP contribution in [0.4, 0.5) is 0 Å². The van der Waals surface area contributed by atoms with Crippen molar-refractivity contribution in [1.82, 2.24) is 5.32 Å². The lowest BCUT2D eigenvalue weighted by atomic mass is 10.0. The lowest BCUT2D eigenvalue weighted by molar-refractivity contribution is -0.150. The van der Waals surface area contributed by atoms with Crippen molar-refractivity contribution in [3.8, 4) is 0 Å². The van der Waals surface area contributed by atoms with E-state index in [-0.39, 0.29) is 31.3 Å². The van der Waals surface area contributed by atoms with E-state index in [1.54, 1.807) is 0 Å². The van der Waals surface area contributed by atoms with Crippen LogP contribution in [-0.4, -0.2) is 46.9 Å². The minimum atomic E-state index is -0.799. The molecule has 63 heavy (non-hydrogen) atoms. The van der Waals surface area contributed by atoms with Crippen molar-refractivity contribution >= 4 is 11.9 Å². The molecule has 0 heterocycles. The third-order valence-electron chi connectivity index (χ3n) is 12.7. The number of amides is 1. The number of aliphatic hydroxyl groups excluding tert-OH is 2. The minimum Gasteiger partial charge on any atom is -0.462 e. The second-order valence-electron chi connectivity index (χ2n) is 19.0. The van der Waals surface area contributed by atoms with E-state index in [4.69, 9.17) is 4.74 Å². The second kappa shape index (κ2) is 51.1. The summed E-state index contributed by atoms with van der Waals surface area (Å²) in [7, 11) is 0. The Morgan fingerprint density at radius 3 is 1.24 bits per heavy atom. The van der Waals surface area contributed by atoms with Gasteiger partial charge in [-0.15, -0.1) is 0 Å². The zero-order valence-electron chi connectivity index (χ0n) is 42.2. The van der Waals surface area contributed by atoms with Crippen molar-refractivity contribution in [2.75, 3.05) is 6.61 Å². The molecule has 0 aromatic rings. The van der Waals surface area contributed by atoms with E-state index in [1.165, 1.54) is 173 Å². The van der Waals surface area contributed by atoms with Crippen molar-refractivity contribution in [1.29, 1.82) is 0 Å². The van der Waals surface area contributed by atoms with Crippen LogP contribution in [0, 0.1) is 0 Å². The highest BCUT2D eigenvalue weighted by Crippen LogP contribution is 2.18. The van der Waals surface area contributed by atoms with Gasteiger partial charge in [-0.05, 0) is 70.6 Å². The molecule has 370 valence electrons. The van der Waals surface area contributed by atoms with Gasteiger partial charge in [-0.1, -0.05) is 243 Å². The van der Waals surface area contributed by atoms with E-state index in [1.807, 2.05) is 6.08 Å². The molecule has 6 nitrogen and oxygen atoms in total. The molecule has 3 atom stereocenters. The number of rotatable bonds is 50. The Morgan fingerprint density at radius 2 is 0.810 bits per heavy atom. The number of nitrogens with one attached hydrogen (secondary N) is 1. The monoisotopic (exact) mass is 886 g/mol. The Morgan fingerprint density at radius 1 is 0.460 bits per heavy atom. The van der Waals surface area contributed by atoms with Gasteiger partial charge in [-0.25, -0.2) is 0 Å². The summed E-state index contributed by atoms with van der Waals surface area (Å²) in [5.41, 5.74) is 0. The van der Waals surface area contributed by atoms with E-state index in [0.29, 0.717) is 19.3 Å². The summed E-state index contributed by atoms with van der Waals surface area (Å²) >= 11 is 0. The Balaban J connectivity index is 4.57. The molecule has 0 rings (SSSR count). The molecular formula is C57H107NO5. The third-order valence-corrected chi connectivity index (χ3v) is 12.7. The Kier molecular flexibility index (Phi) is 49.5. The summed E-state index contributed by atoms with van der Waals surface area (Å²) in [6, 6.07) is -0.715. The van der Waals surface area contributed by atoms with Crippen molar-refractivity contribution in [2.45, 2.75) is 309 Å². The van der Waals surface area contributed by atoms with E-state index in [0.717, 1.165) is 64.2 Å². The number of unbranched alkanes of at least 4 members (excludes halogenated alkanes) is 32. The molecule has 0 fully saturated rings. The maximum absolute atomic E-state index is 13.2. The van der Waals surface area contributed by atoms with Gasteiger partial charge in [0, 0.05) is 6.42 Å². The highest BCUT2D eigenvalue weighted by molar-refractivity contribution is 5.77. The molecule has 0 aromatic heterocycles. The van der Waals surface area contributed by atoms with Gasteiger partial charge in [0.25, 0.3) is 0 Å². The van der Waals surface area contributed by atoms with Crippen LogP contribution in [-0.2, 0) is 14.3 Å². The fourth-order valence-electron chi connectivity index (χ4n) is 8.48. The standard InChI is InChI=1S/C57H107NO5/c1-4-7-10-13-16-19-22-25-27-28-29-32-34-37-40-43-46-49-55(60)54(52-59)58-56(61)51-53(48-45-42-39-36-33-31-26-23-20-17-14-11-8-5-2)63-57(62)50-47-44-41-38-35-30-24-21-18-15-12-9-6-3/h30-31,33,35,41,44,53-55,59-60H,4-29,32,34,36-40,42-43,45-52H2,1-3H3,(H,58,61)/b33-31+,35-30-,44-41+. The first kappa shape index (κ1) is 61.1. The number of carbonyl (C=O) groups excluding carboxylic acids is 2. The fraction of sp³-hybridized carbons (Fsp3) is 0.860. The number of aliphatic hydroxyl groups is 2. The SMILES string of the molecule is CCCCCCCC/C=C\C/C=C/CCC(=O)OC(CCCCC/C=C/CCCCCCCCC)CC(=O)NC(CO)C(O)CCCCCCCCCCCCCCCCCCC. The van der Waals surface area contributed by atoms with Gasteiger partial charge in [-0.3, -0.25) is 9.59 Å². The summed E-state index contributed by atoms with van der Waals surface area (Å²) in [5, 5.41) is 23.8. The number of carbonyl (C=O) groups is 2. The Labute approximate surface area is 392 Å². The van der Waals surface area contributed by atoms with Crippen LogP contribution >= 0.6 is 0 Å². The predicted octanol–water partition coefficient (Wildman–Crippen LogP) is 16.8. The van der Waals surface area contributed by atoms with Crippen LogP contribution in [0.3, 0.4) is 0 Å². The molecule has 0 aromatic carbocycles. The molecule has 0 aliphatic carbocycles. The summed E-state index contributed by atoms with van der Waals surface area (Å²) in [5.74, 6) is -0.559. The van der Waals surface area contributed by atoms with E-state index < -0.39 is 18.2 Å². The average molecular weight is 886 g/mol. The van der Waals surface area contributed by atoms with E-state index in [2.05, 4.69) is 56.5 Å². The van der Waals surface area contributed by atoms with Crippen LogP contribution < -0.4 is 5.32 Å². The predicted molar refractivity (Wildman–Crippen MR) is 273 cm³/mol. The number of ether oxygens (including phenoxy) is 1. The maximum Gasteiger partial charge on any atom is 0.306 e. The van der Waals surface area contributed by atoms with Crippen molar-refractivity contribution in [2.24, 2.45) is 0 Å². The first-order chi connectivity index (χ1) is 31.0. The number of hydrogen-bond donors (Lipinski definition) is 3. The average Bonchev–Trinajstić information content (AvgIpc) is 3.28. The van der Waals surface area contributed by atoms with Crippen LogP contribution in [0.25, 0.3) is 0 Å². The Bertz CT molecular complexity index is 1040. The summed E-state index contributed by atoms with van der Waals surface area (Å²) in [4.78, 5) is 26.1. The van der Waals surface area contributed by atoms with Crippen LogP contribution in [0.15, 0.2) is 36.5 Å². The lowest BCUT2D eigenvalue weighted by Crippen LogP contribution is -2.46. The van der Waals surface area contributed by atoms with Gasteiger partial charge < -0.3 is 20.3 Å². The van der Waals surface area contributed by atoms with Gasteiger partial charge in [-0.2, -0.15) is 0 Å². The third kappa shape index (κ3) is 46.4. The normalized spacial score (nSPS) is 13.4. The molecular weight excluding hydrogens is 779 g/mol. The van der Waals surface area contributed by atoms with Gasteiger partial charge >= 0.3 is 5.97 Å². The molecule has 0 aliphatic heterocycles. The van der Waals surface area contributed by atoms with Gasteiger partial charge in [0.05, 0.1) is 25.2 Å². The number of esters is 1. The van der Waals surface area contributed by atoms with Crippen LogP contribution in [0.2, 0.25) is 0 Å². The highest BCUT2D eigenvalue weighted by Gasteiger charge is 2.24. The summed E-state index contributed by atoms with van der Waals surface area (Å²) < 4.78 is 5.90. The smallest absolute Gasteiger partial charge is 0.306 e. The second-order valence-corrected chi connectivity index (χ2v) is 19.0. The molecule has 0 bridgehead atoms. The number of hydrogen-bond acceptors (Lipinski definition) is 5. The minimum absolute atomic E-state index is 0.0473. The molecule has 1 amide bonds. The first-order valence-corrected chi connectivity index (χ1v) is 27.7. The summed E-state index contributed by atoms with van der Waals surface area (Å²) in [6.45, 7) is 6.48. The van der Waals surface area contributed by atoms with Crippen molar-refractivity contribution in [3.05, 3.63) is 36.5 Å². The van der Waals surface area contributed by atoms with Crippen molar-refractivity contribution in [3.63, 3.8) is 0 Å². The summed E-state index contributed by atoms with van der Waals surface area (Å²) in [6.07, 6.45) is 60.8. The van der Waals surface area contributed by atoms with Gasteiger partial charge in [0.2, 0.25) is 5.91 Å². The molecule has 0 saturated carbocycles. The molecule has 0 saturated heterocycles. The highest BCUT2D eigenvalue weighted by atomic mass is 16.5. The van der Waals surface area contributed by atoms with E-state index in [9.17, 15) is 19.8 Å². The molecule has 6 heteroatoms.